The Hall–Kier alpha value is -2.20. The minimum absolute atomic E-state index is 0.00228. The molecule has 2 aromatic carbocycles. The Morgan fingerprint density at radius 2 is 1.89 bits per heavy atom. The number of carbonyl (C=O) groups excluding carboxylic acids is 1. The molecule has 28 heavy (non-hydrogen) atoms. The van der Waals surface area contributed by atoms with E-state index < -0.39 is 6.10 Å². The average Bonchev–Trinajstić information content (AvgIpc) is 2.65. The van der Waals surface area contributed by atoms with E-state index in [0.717, 1.165) is 16.9 Å². The summed E-state index contributed by atoms with van der Waals surface area (Å²) in [7, 11) is 0. The van der Waals surface area contributed by atoms with E-state index >= 15 is 0 Å². The smallest absolute Gasteiger partial charge is 0.261 e. The van der Waals surface area contributed by atoms with Crippen LogP contribution in [0.2, 0.25) is 5.02 Å². The molecular weight excluding hydrogens is 374 g/mol. The van der Waals surface area contributed by atoms with Crippen LogP contribution < -0.4 is 14.8 Å². The fourth-order valence-corrected chi connectivity index (χ4v) is 2.96. The number of nitrogens with one attached hydrogen (secondary N) is 1. The van der Waals surface area contributed by atoms with Gasteiger partial charge in [-0.15, -0.1) is 0 Å². The molecular formula is C23H30ClNO3. The molecule has 1 amide bonds. The Balaban J connectivity index is 1.86. The molecule has 4 nitrogen and oxygen atoms in total. The Kier molecular flexibility index (Phi) is 7.76. The molecule has 0 radical (unpaired) electrons. The summed E-state index contributed by atoms with van der Waals surface area (Å²) >= 11 is 6.04. The average molecular weight is 404 g/mol. The lowest BCUT2D eigenvalue weighted by Crippen LogP contribution is -2.39. The molecule has 0 aromatic heterocycles. The van der Waals surface area contributed by atoms with Gasteiger partial charge < -0.3 is 14.8 Å². The first-order valence-corrected chi connectivity index (χ1v) is 10.0. The lowest BCUT2D eigenvalue weighted by Gasteiger charge is -2.23. The number of rotatable bonds is 8. The number of hydrogen-bond acceptors (Lipinski definition) is 3. The second-order valence-corrected chi connectivity index (χ2v) is 8.22. The summed E-state index contributed by atoms with van der Waals surface area (Å²) in [5.41, 5.74) is 2.06. The fourth-order valence-electron chi connectivity index (χ4n) is 2.84. The fraction of sp³-hybridized carbons (Fsp3) is 0.435. The standard InChI is InChI=1S/C23H30ClNO3/c1-6-20(28-17-11-12-19(24)16(2)15-17)22(26)25-13-14-27-21-10-8-7-9-18(21)23(3,4)5/h7-12,15,20H,6,13-14H2,1-5H3,(H,25,26). The molecule has 152 valence electrons. The van der Waals surface area contributed by atoms with Gasteiger partial charge in [0.05, 0.1) is 6.54 Å². The van der Waals surface area contributed by atoms with Gasteiger partial charge in [-0.05, 0) is 54.2 Å². The molecule has 0 bridgehead atoms. The predicted octanol–water partition coefficient (Wildman–Crippen LogP) is 5.30. The topological polar surface area (TPSA) is 47.6 Å². The van der Waals surface area contributed by atoms with E-state index in [4.69, 9.17) is 21.1 Å². The second-order valence-electron chi connectivity index (χ2n) is 7.81. The van der Waals surface area contributed by atoms with E-state index in [2.05, 4.69) is 32.2 Å². The lowest BCUT2D eigenvalue weighted by atomic mass is 9.86. The Morgan fingerprint density at radius 1 is 1.18 bits per heavy atom. The van der Waals surface area contributed by atoms with Crippen molar-refractivity contribution < 1.29 is 14.3 Å². The van der Waals surface area contributed by atoms with Crippen LogP contribution >= 0.6 is 11.6 Å². The van der Waals surface area contributed by atoms with Crippen LogP contribution in [0.1, 0.15) is 45.2 Å². The third-order valence-corrected chi connectivity index (χ3v) is 4.85. The maximum Gasteiger partial charge on any atom is 0.261 e. The minimum atomic E-state index is -0.553. The van der Waals surface area contributed by atoms with Crippen LogP contribution in [0.5, 0.6) is 11.5 Å². The zero-order valence-electron chi connectivity index (χ0n) is 17.3. The Bertz CT molecular complexity index is 799. The van der Waals surface area contributed by atoms with Gasteiger partial charge in [-0.2, -0.15) is 0 Å². The first kappa shape index (κ1) is 22.1. The van der Waals surface area contributed by atoms with Crippen LogP contribution in [-0.2, 0) is 10.2 Å². The third-order valence-electron chi connectivity index (χ3n) is 4.42. The number of halogens is 1. The van der Waals surface area contributed by atoms with Gasteiger partial charge in [0.25, 0.3) is 5.91 Å². The Labute approximate surface area is 173 Å². The number of benzene rings is 2. The summed E-state index contributed by atoms with van der Waals surface area (Å²) in [4.78, 5) is 12.5. The molecule has 0 spiro atoms. The van der Waals surface area contributed by atoms with Crippen molar-refractivity contribution in [1.29, 1.82) is 0 Å². The van der Waals surface area contributed by atoms with E-state index in [0.29, 0.717) is 30.3 Å². The zero-order chi connectivity index (χ0) is 20.7. The molecule has 0 fully saturated rings. The first-order chi connectivity index (χ1) is 13.2. The second kappa shape index (κ2) is 9.83. The molecule has 0 saturated carbocycles. The highest BCUT2D eigenvalue weighted by atomic mass is 35.5. The van der Waals surface area contributed by atoms with Crippen LogP contribution in [0.15, 0.2) is 42.5 Å². The van der Waals surface area contributed by atoms with Crippen molar-refractivity contribution in [3.8, 4) is 11.5 Å². The maximum absolute atomic E-state index is 12.5. The molecule has 5 heteroatoms. The molecule has 0 saturated heterocycles. The third kappa shape index (κ3) is 6.16. The van der Waals surface area contributed by atoms with Crippen LogP contribution in [-0.4, -0.2) is 25.2 Å². The monoisotopic (exact) mass is 403 g/mol. The van der Waals surface area contributed by atoms with Gasteiger partial charge >= 0.3 is 0 Å². The summed E-state index contributed by atoms with van der Waals surface area (Å²) in [6, 6.07) is 13.4. The summed E-state index contributed by atoms with van der Waals surface area (Å²) in [6.07, 6.45) is 0.0174. The normalized spacial score (nSPS) is 12.4. The number of hydrogen-bond donors (Lipinski definition) is 1. The summed E-state index contributed by atoms with van der Waals surface area (Å²) < 4.78 is 11.7. The van der Waals surface area contributed by atoms with Gasteiger partial charge in [0.15, 0.2) is 6.10 Å². The van der Waals surface area contributed by atoms with Crippen molar-refractivity contribution in [1.82, 2.24) is 5.32 Å². The summed E-state index contributed by atoms with van der Waals surface area (Å²) in [6.45, 7) is 11.1. The van der Waals surface area contributed by atoms with Crippen molar-refractivity contribution in [3.05, 3.63) is 58.6 Å². The van der Waals surface area contributed by atoms with Gasteiger partial charge in [0.2, 0.25) is 0 Å². The van der Waals surface area contributed by atoms with Gasteiger partial charge in [-0.25, -0.2) is 0 Å². The molecule has 2 aromatic rings. The number of aryl methyl sites for hydroxylation is 1. The van der Waals surface area contributed by atoms with Gasteiger partial charge in [-0.3, -0.25) is 4.79 Å². The van der Waals surface area contributed by atoms with Crippen molar-refractivity contribution in [3.63, 3.8) is 0 Å². The quantitative estimate of drug-likeness (QED) is 0.608. The van der Waals surface area contributed by atoms with Crippen molar-refractivity contribution >= 4 is 17.5 Å². The van der Waals surface area contributed by atoms with E-state index in [1.54, 1.807) is 12.1 Å². The maximum atomic E-state index is 12.5. The van der Waals surface area contributed by atoms with Crippen LogP contribution in [0.25, 0.3) is 0 Å². The van der Waals surface area contributed by atoms with E-state index in [-0.39, 0.29) is 11.3 Å². The van der Waals surface area contributed by atoms with Gasteiger partial charge in [0, 0.05) is 5.02 Å². The number of carbonyl (C=O) groups is 1. The van der Waals surface area contributed by atoms with Gasteiger partial charge in [-0.1, -0.05) is 57.5 Å². The SMILES string of the molecule is CCC(Oc1ccc(Cl)c(C)c1)C(=O)NCCOc1ccccc1C(C)(C)C. The molecule has 1 N–H and O–H groups in total. The Morgan fingerprint density at radius 3 is 2.54 bits per heavy atom. The molecule has 0 aliphatic rings. The number of amides is 1. The van der Waals surface area contributed by atoms with Crippen molar-refractivity contribution in [2.75, 3.05) is 13.2 Å². The highest BCUT2D eigenvalue weighted by Crippen LogP contribution is 2.30. The van der Waals surface area contributed by atoms with E-state index in [9.17, 15) is 4.79 Å². The van der Waals surface area contributed by atoms with Crippen molar-refractivity contribution in [2.45, 2.75) is 52.6 Å². The largest absolute Gasteiger partial charge is 0.491 e. The summed E-state index contributed by atoms with van der Waals surface area (Å²) in [5, 5.41) is 3.57. The molecule has 0 aliphatic carbocycles. The molecule has 0 aliphatic heterocycles. The summed E-state index contributed by atoms with van der Waals surface area (Å²) in [5.74, 6) is 1.34. The molecule has 1 unspecified atom stereocenters. The number of para-hydroxylation sites is 1. The van der Waals surface area contributed by atoms with Crippen LogP contribution in [0.4, 0.5) is 0 Å². The van der Waals surface area contributed by atoms with E-state index in [1.807, 2.05) is 38.1 Å². The minimum Gasteiger partial charge on any atom is -0.491 e. The van der Waals surface area contributed by atoms with Crippen molar-refractivity contribution in [2.24, 2.45) is 0 Å². The highest BCUT2D eigenvalue weighted by Gasteiger charge is 2.20. The van der Waals surface area contributed by atoms with Crippen LogP contribution in [0, 0.1) is 6.92 Å². The molecule has 2 rings (SSSR count). The van der Waals surface area contributed by atoms with Crippen LogP contribution in [0.3, 0.4) is 0 Å². The zero-order valence-corrected chi connectivity index (χ0v) is 18.1. The van der Waals surface area contributed by atoms with E-state index in [1.165, 1.54) is 0 Å². The number of ether oxygens (including phenoxy) is 2. The van der Waals surface area contributed by atoms with Gasteiger partial charge in [0.1, 0.15) is 18.1 Å². The first-order valence-electron chi connectivity index (χ1n) is 9.65. The molecule has 0 heterocycles. The highest BCUT2D eigenvalue weighted by molar-refractivity contribution is 6.31. The lowest BCUT2D eigenvalue weighted by molar-refractivity contribution is -0.128. The molecule has 1 atom stereocenters. The predicted molar refractivity (Wildman–Crippen MR) is 115 cm³/mol.